The number of nitrogens with zero attached hydrogens (tertiary/aromatic N) is 1. The Balaban J connectivity index is 1.52. The van der Waals surface area contributed by atoms with Crippen molar-refractivity contribution in [2.24, 2.45) is 0 Å². The molecule has 1 amide bonds. The molecular weight excluding hydrogens is 272 g/mol. The first-order valence-corrected chi connectivity index (χ1v) is 8.87. The lowest BCUT2D eigenvalue weighted by atomic mass is 10.0. The number of carbonyl (C=O) groups excluding carboxylic acids is 1. The average Bonchev–Trinajstić information content (AvgIpc) is 3.17. The van der Waals surface area contributed by atoms with Gasteiger partial charge in [0, 0.05) is 12.6 Å². The Morgan fingerprint density at radius 2 is 1.95 bits per heavy atom. The molecular formula is C19H28N2O. The highest BCUT2D eigenvalue weighted by atomic mass is 16.1. The summed E-state index contributed by atoms with van der Waals surface area (Å²) < 4.78 is 0. The lowest BCUT2D eigenvalue weighted by Gasteiger charge is -2.23. The van der Waals surface area contributed by atoms with Crippen molar-refractivity contribution in [3.8, 4) is 0 Å². The van der Waals surface area contributed by atoms with E-state index in [1.807, 2.05) is 0 Å². The van der Waals surface area contributed by atoms with Crippen LogP contribution in [0.15, 0.2) is 18.2 Å². The molecule has 1 atom stereocenters. The van der Waals surface area contributed by atoms with E-state index in [2.05, 4.69) is 35.3 Å². The van der Waals surface area contributed by atoms with Crippen LogP contribution < -0.4 is 5.32 Å². The zero-order chi connectivity index (χ0) is 15.4. The minimum Gasteiger partial charge on any atom is -0.352 e. The van der Waals surface area contributed by atoms with Gasteiger partial charge in [-0.1, -0.05) is 25.1 Å². The van der Waals surface area contributed by atoms with Crippen molar-refractivity contribution < 1.29 is 4.79 Å². The summed E-state index contributed by atoms with van der Waals surface area (Å²) in [6, 6.07) is 6.88. The molecule has 0 unspecified atom stereocenters. The molecule has 0 saturated carbocycles. The van der Waals surface area contributed by atoms with Gasteiger partial charge in [-0.3, -0.25) is 4.79 Å². The van der Waals surface area contributed by atoms with Crippen molar-refractivity contribution in [1.29, 1.82) is 0 Å². The Bertz CT molecular complexity index is 520. The molecule has 1 fully saturated rings. The standard InChI is InChI=1S/C19H28N2O/c1-2-18(14-21-10-3-4-11-21)20-19(22)13-15-8-9-16-6-5-7-17(16)12-15/h8-9,12,18H,2-7,10-11,13-14H2,1H3,(H,20,22)/t18-/m1/s1. The van der Waals surface area contributed by atoms with Gasteiger partial charge in [-0.25, -0.2) is 0 Å². The van der Waals surface area contributed by atoms with Crippen LogP contribution in [0.1, 0.15) is 49.3 Å². The van der Waals surface area contributed by atoms with Crippen LogP contribution in [-0.4, -0.2) is 36.5 Å². The van der Waals surface area contributed by atoms with Gasteiger partial charge in [0.25, 0.3) is 0 Å². The Labute approximate surface area is 134 Å². The average molecular weight is 300 g/mol. The monoisotopic (exact) mass is 300 g/mol. The summed E-state index contributed by atoms with van der Waals surface area (Å²) in [6.45, 7) is 5.55. The zero-order valence-electron chi connectivity index (χ0n) is 13.7. The molecule has 0 bridgehead atoms. The van der Waals surface area contributed by atoms with E-state index in [9.17, 15) is 4.79 Å². The van der Waals surface area contributed by atoms with E-state index in [1.54, 1.807) is 0 Å². The fourth-order valence-electron chi connectivity index (χ4n) is 3.75. The van der Waals surface area contributed by atoms with Crippen molar-refractivity contribution in [3.63, 3.8) is 0 Å². The van der Waals surface area contributed by atoms with Crippen LogP contribution in [-0.2, 0) is 24.1 Å². The molecule has 1 saturated heterocycles. The number of amides is 1. The summed E-state index contributed by atoms with van der Waals surface area (Å²) in [5.41, 5.74) is 4.09. The molecule has 2 aliphatic rings. The van der Waals surface area contributed by atoms with Crippen molar-refractivity contribution in [3.05, 3.63) is 34.9 Å². The zero-order valence-corrected chi connectivity index (χ0v) is 13.7. The summed E-state index contributed by atoms with van der Waals surface area (Å²) in [7, 11) is 0. The van der Waals surface area contributed by atoms with Crippen LogP contribution in [0.3, 0.4) is 0 Å². The van der Waals surface area contributed by atoms with Gasteiger partial charge in [-0.15, -0.1) is 0 Å². The second-order valence-corrected chi connectivity index (χ2v) is 6.81. The summed E-state index contributed by atoms with van der Waals surface area (Å²) in [4.78, 5) is 14.8. The molecule has 1 aliphatic heterocycles. The van der Waals surface area contributed by atoms with Gasteiger partial charge >= 0.3 is 0 Å². The summed E-state index contributed by atoms with van der Waals surface area (Å²) in [6.07, 6.45) is 7.78. The largest absolute Gasteiger partial charge is 0.352 e. The van der Waals surface area contributed by atoms with Crippen LogP contribution in [0, 0.1) is 0 Å². The molecule has 1 aromatic carbocycles. The van der Waals surface area contributed by atoms with Crippen molar-refractivity contribution in [2.75, 3.05) is 19.6 Å². The Morgan fingerprint density at radius 1 is 1.18 bits per heavy atom. The van der Waals surface area contributed by atoms with Gasteiger partial charge in [-0.2, -0.15) is 0 Å². The second-order valence-electron chi connectivity index (χ2n) is 6.81. The smallest absolute Gasteiger partial charge is 0.224 e. The lowest BCUT2D eigenvalue weighted by Crippen LogP contribution is -2.43. The molecule has 3 nitrogen and oxygen atoms in total. The molecule has 0 radical (unpaired) electrons. The van der Waals surface area contributed by atoms with Crippen LogP contribution in [0.25, 0.3) is 0 Å². The number of hydrogen-bond acceptors (Lipinski definition) is 2. The number of likely N-dealkylation sites (tertiary alicyclic amines) is 1. The minimum atomic E-state index is 0.170. The van der Waals surface area contributed by atoms with Crippen molar-refractivity contribution in [2.45, 2.75) is 57.9 Å². The maximum atomic E-state index is 12.3. The number of benzene rings is 1. The number of fused-ring (bicyclic) bond motifs is 1. The summed E-state index contributed by atoms with van der Waals surface area (Å²) in [5, 5.41) is 3.23. The van der Waals surface area contributed by atoms with E-state index < -0.39 is 0 Å². The Morgan fingerprint density at radius 3 is 2.73 bits per heavy atom. The number of rotatable bonds is 6. The predicted octanol–water partition coefficient (Wildman–Crippen LogP) is 2.71. The quantitative estimate of drug-likeness (QED) is 0.876. The third kappa shape index (κ3) is 3.89. The maximum absolute atomic E-state index is 12.3. The molecule has 3 heteroatoms. The summed E-state index contributed by atoms with van der Waals surface area (Å²) >= 11 is 0. The van der Waals surface area contributed by atoms with E-state index in [-0.39, 0.29) is 5.91 Å². The third-order valence-corrected chi connectivity index (χ3v) is 5.06. The van der Waals surface area contributed by atoms with Crippen LogP contribution in [0.5, 0.6) is 0 Å². The third-order valence-electron chi connectivity index (χ3n) is 5.06. The van der Waals surface area contributed by atoms with E-state index >= 15 is 0 Å². The molecule has 120 valence electrons. The van der Waals surface area contributed by atoms with Crippen LogP contribution in [0.2, 0.25) is 0 Å². The second kappa shape index (κ2) is 7.28. The number of hydrogen-bond donors (Lipinski definition) is 1. The molecule has 0 aromatic heterocycles. The van der Waals surface area contributed by atoms with Crippen molar-refractivity contribution in [1.82, 2.24) is 10.2 Å². The number of nitrogens with one attached hydrogen (secondary N) is 1. The van der Waals surface area contributed by atoms with Crippen molar-refractivity contribution >= 4 is 5.91 Å². The molecule has 1 heterocycles. The fraction of sp³-hybridized carbons (Fsp3) is 0.632. The first-order chi connectivity index (χ1) is 10.7. The molecule has 22 heavy (non-hydrogen) atoms. The van der Waals surface area contributed by atoms with Gasteiger partial charge < -0.3 is 10.2 Å². The first kappa shape index (κ1) is 15.5. The topological polar surface area (TPSA) is 32.3 Å². The van der Waals surface area contributed by atoms with Gasteiger partial charge in [-0.05, 0) is 68.3 Å². The van der Waals surface area contributed by atoms with Gasteiger partial charge in [0.1, 0.15) is 0 Å². The van der Waals surface area contributed by atoms with E-state index in [0.717, 1.165) is 18.5 Å². The highest BCUT2D eigenvalue weighted by Crippen LogP contribution is 2.23. The highest BCUT2D eigenvalue weighted by molar-refractivity contribution is 5.79. The molecule has 1 N–H and O–H groups in total. The van der Waals surface area contributed by atoms with Crippen LogP contribution in [0.4, 0.5) is 0 Å². The molecule has 1 aromatic rings. The number of carbonyl (C=O) groups is 1. The van der Waals surface area contributed by atoms with E-state index in [1.165, 1.54) is 56.3 Å². The fourth-order valence-corrected chi connectivity index (χ4v) is 3.75. The molecule has 3 rings (SSSR count). The minimum absolute atomic E-state index is 0.170. The summed E-state index contributed by atoms with van der Waals surface area (Å²) in [5.74, 6) is 0.170. The lowest BCUT2D eigenvalue weighted by molar-refractivity contribution is -0.121. The van der Waals surface area contributed by atoms with Crippen LogP contribution >= 0.6 is 0 Å². The SMILES string of the molecule is CC[C@H](CN1CCCC1)NC(=O)Cc1ccc2c(c1)CCC2. The highest BCUT2D eigenvalue weighted by Gasteiger charge is 2.18. The number of aryl methyl sites for hydroxylation is 2. The van der Waals surface area contributed by atoms with Gasteiger partial charge in [0.2, 0.25) is 5.91 Å². The first-order valence-electron chi connectivity index (χ1n) is 8.87. The van der Waals surface area contributed by atoms with E-state index in [0.29, 0.717) is 12.5 Å². The Kier molecular flexibility index (Phi) is 5.14. The predicted molar refractivity (Wildman–Crippen MR) is 90.1 cm³/mol. The molecule has 0 spiro atoms. The Hall–Kier alpha value is -1.35. The normalized spacial score (nSPS) is 19.1. The van der Waals surface area contributed by atoms with E-state index in [4.69, 9.17) is 0 Å². The maximum Gasteiger partial charge on any atom is 0.224 e. The molecule has 1 aliphatic carbocycles. The van der Waals surface area contributed by atoms with Gasteiger partial charge in [0.15, 0.2) is 0 Å². The van der Waals surface area contributed by atoms with Gasteiger partial charge in [0.05, 0.1) is 6.42 Å².